The maximum atomic E-state index is 13.5. The van der Waals surface area contributed by atoms with E-state index >= 15 is 0 Å². The van der Waals surface area contributed by atoms with Gasteiger partial charge in [0.2, 0.25) is 16.8 Å². The van der Waals surface area contributed by atoms with E-state index in [-0.39, 0.29) is 23.4 Å². The monoisotopic (exact) mass is 491 g/mol. The van der Waals surface area contributed by atoms with E-state index in [9.17, 15) is 13.2 Å². The van der Waals surface area contributed by atoms with Gasteiger partial charge in [0.25, 0.3) is 0 Å². The van der Waals surface area contributed by atoms with Crippen LogP contribution in [0, 0.1) is 0 Å². The van der Waals surface area contributed by atoms with Crippen LogP contribution in [-0.4, -0.2) is 28.0 Å². The number of carbonyl (C=O) groups is 1. The van der Waals surface area contributed by atoms with Gasteiger partial charge in [-0.15, -0.1) is 0 Å². The first-order valence-corrected chi connectivity index (χ1v) is 13.3. The second kappa shape index (κ2) is 8.81. The Kier molecular flexibility index (Phi) is 5.93. The van der Waals surface area contributed by atoms with Gasteiger partial charge in [-0.05, 0) is 77.9 Å². The highest BCUT2D eigenvalue weighted by atomic mass is 32.2. The molecule has 0 spiro atoms. The Morgan fingerprint density at radius 2 is 1.69 bits per heavy atom. The van der Waals surface area contributed by atoms with Crippen molar-refractivity contribution in [1.29, 1.82) is 0 Å². The lowest BCUT2D eigenvalue weighted by molar-refractivity contribution is -0.120. The van der Waals surface area contributed by atoms with Gasteiger partial charge < -0.3 is 9.47 Å². The predicted molar refractivity (Wildman–Crippen MR) is 134 cm³/mol. The van der Waals surface area contributed by atoms with Crippen LogP contribution in [0.15, 0.2) is 65.6 Å². The maximum Gasteiger partial charge on any atom is 0.240 e. The minimum Gasteiger partial charge on any atom is -0.454 e. The van der Waals surface area contributed by atoms with Crippen LogP contribution in [-0.2, 0) is 26.7 Å². The van der Waals surface area contributed by atoms with Crippen molar-refractivity contribution in [1.82, 2.24) is 4.72 Å². The van der Waals surface area contributed by atoms with E-state index in [4.69, 9.17) is 9.47 Å². The first-order valence-electron chi connectivity index (χ1n) is 11.8. The van der Waals surface area contributed by atoms with Gasteiger partial charge >= 0.3 is 0 Å². The van der Waals surface area contributed by atoms with Crippen molar-refractivity contribution in [3.05, 3.63) is 77.4 Å². The number of ether oxygens (including phenoxy) is 2. The molecule has 3 aromatic carbocycles. The van der Waals surface area contributed by atoms with Crippen LogP contribution in [0.4, 0.5) is 0 Å². The number of hydrogen-bond donors (Lipinski definition) is 1. The molecule has 3 aromatic rings. The highest BCUT2D eigenvalue weighted by Crippen LogP contribution is 2.51. The van der Waals surface area contributed by atoms with Crippen molar-refractivity contribution >= 4 is 15.8 Å². The van der Waals surface area contributed by atoms with E-state index in [0.717, 1.165) is 46.4 Å². The second-order valence-electron chi connectivity index (χ2n) is 9.56. The van der Waals surface area contributed by atoms with Crippen molar-refractivity contribution in [3.63, 3.8) is 0 Å². The summed E-state index contributed by atoms with van der Waals surface area (Å²) in [4.78, 5) is 13.7. The molecule has 1 heterocycles. The van der Waals surface area contributed by atoms with Gasteiger partial charge in [-0.1, -0.05) is 50.2 Å². The summed E-state index contributed by atoms with van der Waals surface area (Å²) in [5.74, 6) is 1.90. The summed E-state index contributed by atoms with van der Waals surface area (Å²) in [6.45, 7) is 4.47. The van der Waals surface area contributed by atoms with E-state index in [1.165, 1.54) is 7.05 Å². The number of nitrogens with one attached hydrogen (secondary N) is 1. The Hall–Kier alpha value is -3.16. The summed E-state index contributed by atoms with van der Waals surface area (Å²) in [7, 11) is -2.10. The third-order valence-corrected chi connectivity index (χ3v) is 8.49. The Morgan fingerprint density at radius 3 is 2.34 bits per heavy atom. The Morgan fingerprint density at radius 1 is 0.971 bits per heavy atom. The van der Waals surface area contributed by atoms with Crippen LogP contribution >= 0.6 is 0 Å². The Balaban J connectivity index is 1.43. The molecule has 0 radical (unpaired) electrons. The lowest BCUT2D eigenvalue weighted by Gasteiger charge is -2.18. The molecule has 0 aromatic heterocycles. The van der Waals surface area contributed by atoms with Crippen LogP contribution in [0.3, 0.4) is 0 Å². The molecule has 0 unspecified atom stereocenters. The Labute approximate surface area is 206 Å². The van der Waals surface area contributed by atoms with E-state index in [0.29, 0.717) is 12.2 Å². The van der Waals surface area contributed by atoms with Crippen LogP contribution in [0.5, 0.6) is 11.5 Å². The van der Waals surface area contributed by atoms with E-state index in [1.54, 1.807) is 12.1 Å². The second-order valence-corrected chi connectivity index (χ2v) is 11.4. The number of benzene rings is 3. The lowest BCUT2D eigenvalue weighted by atomic mass is 9.85. The summed E-state index contributed by atoms with van der Waals surface area (Å²) in [5, 5.41) is 0. The van der Waals surface area contributed by atoms with Gasteiger partial charge in [0.05, 0.1) is 10.3 Å². The predicted octanol–water partition coefficient (Wildman–Crippen LogP) is 4.96. The molecule has 0 saturated heterocycles. The van der Waals surface area contributed by atoms with Crippen molar-refractivity contribution in [2.24, 2.45) is 0 Å². The summed E-state index contributed by atoms with van der Waals surface area (Å²) >= 11 is 0. The average Bonchev–Trinajstić information content (AvgIpc) is 3.54. The van der Waals surface area contributed by atoms with Gasteiger partial charge in [0.1, 0.15) is 5.78 Å². The summed E-state index contributed by atoms with van der Waals surface area (Å²) in [5.41, 5.74) is 4.59. The van der Waals surface area contributed by atoms with Crippen molar-refractivity contribution in [3.8, 4) is 22.6 Å². The van der Waals surface area contributed by atoms with Crippen LogP contribution < -0.4 is 14.2 Å². The van der Waals surface area contributed by atoms with Crippen LogP contribution in [0.25, 0.3) is 11.1 Å². The first-order chi connectivity index (χ1) is 16.7. The molecule has 1 aliphatic carbocycles. The van der Waals surface area contributed by atoms with E-state index in [2.05, 4.69) is 30.7 Å². The van der Waals surface area contributed by atoms with Gasteiger partial charge in [-0.25, -0.2) is 13.1 Å². The smallest absolute Gasteiger partial charge is 0.240 e. The molecule has 0 amide bonds. The molecule has 1 N–H and O–H groups in total. The molecule has 35 heavy (non-hydrogen) atoms. The normalized spacial score (nSPS) is 15.9. The van der Waals surface area contributed by atoms with Gasteiger partial charge in [0, 0.05) is 6.42 Å². The highest BCUT2D eigenvalue weighted by molar-refractivity contribution is 7.89. The third-order valence-electron chi connectivity index (χ3n) is 7.06. The zero-order valence-electron chi connectivity index (χ0n) is 20.1. The molecule has 6 nitrogen and oxygen atoms in total. The van der Waals surface area contributed by atoms with Crippen LogP contribution in [0.1, 0.15) is 49.3 Å². The number of Topliss-reactive ketones (excluding diaryl/α,β-unsaturated/α-hetero) is 1. The number of rotatable bonds is 8. The van der Waals surface area contributed by atoms with Gasteiger partial charge in [-0.2, -0.15) is 0 Å². The van der Waals surface area contributed by atoms with Crippen molar-refractivity contribution in [2.75, 3.05) is 13.8 Å². The Bertz CT molecular complexity index is 1390. The van der Waals surface area contributed by atoms with Crippen molar-refractivity contribution < 1.29 is 22.7 Å². The fraction of sp³-hybridized carbons (Fsp3) is 0.321. The van der Waals surface area contributed by atoms with Crippen LogP contribution in [0.2, 0.25) is 0 Å². The molecule has 1 saturated carbocycles. The molecule has 0 bridgehead atoms. The number of ketones is 1. The standard InChI is InChI=1S/C28H29NO5S/c1-18(2)23-10-4-19(14-24(23)20-5-8-22(9-6-20)35(31,32)29-3)15-27(30)28(12-13-28)21-7-11-25-26(16-21)34-17-33-25/h4-11,14,16,18,29H,12-13,15,17H2,1-3H3. The minimum absolute atomic E-state index is 0.204. The zero-order valence-corrected chi connectivity index (χ0v) is 20.9. The van der Waals surface area contributed by atoms with E-state index < -0.39 is 15.4 Å². The van der Waals surface area contributed by atoms with E-state index in [1.807, 2.05) is 36.4 Å². The largest absolute Gasteiger partial charge is 0.454 e. The minimum atomic E-state index is -3.50. The molecule has 1 aliphatic heterocycles. The molecule has 7 heteroatoms. The maximum absolute atomic E-state index is 13.5. The number of hydrogen-bond acceptors (Lipinski definition) is 5. The number of fused-ring (bicyclic) bond motifs is 1. The average molecular weight is 492 g/mol. The highest BCUT2D eigenvalue weighted by Gasteiger charge is 2.50. The first kappa shape index (κ1) is 23.6. The molecule has 2 aliphatic rings. The molecule has 5 rings (SSSR count). The van der Waals surface area contributed by atoms with Gasteiger partial charge in [-0.3, -0.25) is 4.79 Å². The van der Waals surface area contributed by atoms with Crippen molar-refractivity contribution in [2.45, 2.75) is 49.3 Å². The molecular weight excluding hydrogens is 462 g/mol. The van der Waals surface area contributed by atoms with Gasteiger partial charge in [0.15, 0.2) is 11.5 Å². The molecule has 1 fully saturated rings. The quantitative estimate of drug-likeness (QED) is 0.482. The number of sulfonamides is 1. The zero-order chi connectivity index (χ0) is 24.8. The lowest BCUT2D eigenvalue weighted by Crippen LogP contribution is -2.22. The summed E-state index contributed by atoms with van der Waals surface area (Å²) in [6, 6.07) is 18.9. The SMILES string of the molecule is CNS(=O)(=O)c1ccc(-c2cc(CC(=O)C3(c4ccc5c(c4)OCO5)CC3)ccc2C(C)C)cc1. The molecular formula is C28H29NO5S. The topological polar surface area (TPSA) is 81.7 Å². The molecule has 182 valence electrons. The fourth-order valence-electron chi connectivity index (χ4n) is 4.80. The fourth-order valence-corrected chi connectivity index (χ4v) is 5.53. The number of carbonyl (C=O) groups excluding carboxylic acids is 1. The summed E-state index contributed by atoms with van der Waals surface area (Å²) in [6.07, 6.45) is 2.01. The summed E-state index contributed by atoms with van der Waals surface area (Å²) < 4.78 is 37.5. The molecule has 0 atom stereocenters. The third kappa shape index (κ3) is 4.34.